The van der Waals surface area contributed by atoms with E-state index in [4.69, 9.17) is 0 Å². The van der Waals surface area contributed by atoms with Gasteiger partial charge in [-0.15, -0.1) is 18.3 Å². The quantitative estimate of drug-likeness (QED) is 0.269. The number of fused-ring (bicyclic) bond motifs is 1. The van der Waals surface area contributed by atoms with Crippen molar-refractivity contribution in [1.82, 2.24) is 24.2 Å². The Morgan fingerprint density at radius 1 is 1.05 bits per heavy atom. The van der Waals surface area contributed by atoms with Crippen LogP contribution in [0.1, 0.15) is 5.56 Å². The summed E-state index contributed by atoms with van der Waals surface area (Å²) < 4.78 is 100. The average molecular weight is 661 g/mol. The van der Waals surface area contributed by atoms with Crippen molar-refractivity contribution in [3.05, 3.63) is 76.7 Å². The number of rotatable bonds is 9. The molecule has 44 heavy (non-hydrogen) atoms. The van der Waals surface area contributed by atoms with Gasteiger partial charge in [0.1, 0.15) is 17.5 Å². The minimum Gasteiger partial charge on any atom is -0.435 e. The number of benzene rings is 2. The molecule has 19 heteroatoms. The van der Waals surface area contributed by atoms with E-state index in [0.29, 0.717) is 10.7 Å². The molecule has 1 fully saturated rings. The summed E-state index contributed by atoms with van der Waals surface area (Å²) in [5, 5.41) is 7.19. The molecule has 4 aromatic rings. The third kappa shape index (κ3) is 7.05. The van der Waals surface area contributed by atoms with E-state index in [-0.39, 0.29) is 41.8 Å². The van der Waals surface area contributed by atoms with Crippen molar-refractivity contribution in [1.29, 1.82) is 0 Å². The highest BCUT2D eigenvalue weighted by Crippen LogP contribution is 2.29. The molecule has 0 spiro atoms. The first-order valence-electron chi connectivity index (χ1n) is 12.6. The predicted molar refractivity (Wildman–Crippen MR) is 145 cm³/mol. The standard InChI is InChI=1S/C25H21F5N6O6S2/c26-22(27)41-16-3-1-15(2-4-16)13-32-21(38)19-14-34(24-33-36-20(37)9-10-31-23(36)43-24)11-12-35(19)44(39,40)18-7-5-17(6-8-18)42-25(28,29)30/h1-10,19,22H,11-14H2,(H,32,38)/t19-/m1/s1. The van der Waals surface area contributed by atoms with E-state index in [1.165, 1.54) is 36.5 Å². The Morgan fingerprint density at radius 3 is 2.36 bits per heavy atom. The predicted octanol–water partition coefficient (Wildman–Crippen LogP) is 2.85. The van der Waals surface area contributed by atoms with Gasteiger partial charge in [0.05, 0.1) is 4.90 Å². The summed E-state index contributed by atoms with van der Waals surface area (Å²) in [4.78, 5) is 31.3. The highest BCUT2D eigenvalue weighted by atomic mass is 32.2. The second kappa shape index (κ2) is 12.3. The van der Waals surface area contributed by atoms with Gasteiger partial charge in [-0.3, -0.25) is 9.59 Å². The molecule has 2 aromatic carbocycles. The molecule has 1 aliphatic heterocycles. The van der Waals surface area contributed by atoms with Crippen LogP contribution in [0.25, 0.3) is 4.96 Å². The molecule has 1 amide bonds. The molecule has 0 bridgehead atoms. The Morgan fingerprint density at radius 2 is 1.73 bits per heavy atom. The molecule has 234 valence electrons. The van der Waals surface area contributed by atoms with Crippen LogP contribution in [0, 0.1) is 0 Å². The summed E-state index contributed by atoms with van der Waals surface area (Å²) in [5.41, 5.74) is 0.0647. The zero-order valence-electron chi connectivity index (χ0n) is 22.1. The minimum absolute atomic E-state index is 0.0540. The number of hydrogen-bond donors (Lipinski definition) is 1. The molecule has 2 aromatic heterocycles. The van der Waals surface area contributed by atoms with Crippen molar-refractivity contribution in [3.8, 4) is 11.5 Å². The van der Waals surface area contributed by atoms with Gasteiger partial charge in [0, 0.05) is 38.4 Å². The Kier molecular flexibility index (Phi) is 8.71. The topological polar surface area (TPSA) is 135 Å². The van der Waals surface area contributed by atoms with Crippen molar-refractivity contribution in [2.24, 2.45) is 0 Å². The normalized spacial score (nSPS) is 16.3. The fourth-order valence-electron chi connectivity index (χ4n) is 4.35. The number of aromatic nitrogens is 3. The van der Waals surface area contributed by atoms with Gasteiger partial charge in [-0.05, 0) is 42.0 Å². The van der Waals surface area contributed by atoms with Crippen LogP contribution in [0.4, 0.5) is 27.1 Å². The minimum atomic E-state index is -4.97. The van der Waals surface area contributed by atoms with E-state index < -0.39 is 46.3 Å². The lowest BCUT2D eigenvalue weighted by atomic mass is 10.2. The van der Waals surface area contributed by atoms with Crippen molar-refractivity contribution in [2.45, 2.75) is 30.5 Å². The van der Waals surface area contributed by atoms with Gasteiger partial charge in [0.2, 0.25) is 26.0 Å². The van der Waals surface area contributed by atoms with Crippen LogP contribution in [-0.4, -0.2) is 71.9 Å². The Bertz CT molecular complexity index is 1800. The lowest BCUT2D eigenvalue weighted by molar-refractivity contribution is -0.274. The first-order chi connectivity index (χ1) is 20.8. The molecule has 12 nitrogen and oxygen atoms in total. The first-order valence-corrected chi connectivity index (χ1v) is 14.8. The van der Waals surface area contributed by atoms with Crippen molar-refractivity contribution in [3.63, 3.8) is 0 Å². The number of nitrogens with zero attached hydrogens (tertiary/aromatic N) is 5. The van der Waals surface area contributed by atoms with E-state index in [1.807, 2.05) is 0 Å². The molecule has 1 saturated heterocycles. The maximum atomic E-state index is 13.6. The second-order valence-corrected chi connectivity index (χ2v) is 12.0. The highest BCUT2D eigenvalue weighted by Gasteiger charge is 2.41. The lowest BCUT2D eigenvalue weighted by Crippen LogP contribution is -2.60. The highest BCUT2D eigenvalue weighted by molar-refractivity contribution is 7.89. The molecular formula is C25H21F5N6O6S2. The number of carbonyl (C=O) groups excluding carboxylic acids is 1. The average Bonchev–Trinajstić information content (AvgIpc) is 3.41. The third-order valence-corrected chi connectivity index (χ3v) is 9.25. The molecule has 0 aliphatic carbocycles. The molecule has 0 saturated carbocycles. The van der Waals surface area contributed by atoms with Crippen LogP contribution in [0.15, 0.2) is 70.5 Å². The van der Waals surface area contributed by atoms with E-state index in [2.05, 4.69) is 24.9 Å². The van der Waals surface area contributed by atoms with Gasteiger partial charge >= 0.3 is 13.0 Å². The molecule has 0 radical (unpaired) electrons. The van der Waals surface area contributed by atoms with Gasteiger partial charge in [0.25, 0.3) is 5.56 Å². The zero-order valence-corrected chi connectivity index (χ0v) is 23.8. The summed E-state index contributed by atoms with van der Waals surface area (Å²) in [5.74, 6) is -1.44. The van der Waals surface area contributed by atoms with Gasteiger partial charge in [0.15, 0.2) is 0 Å². The zero-order chi connectivity index (χ0) is 31.6. The summed E-state index contributed by atoms with van der Waals surface area (Å²) >= 11 is 1.05. The van der Waals surface area contributed by atoms with Gasteiger partial charge < -0.3 is 19.7 Å². The fraction of sp³-hybridized carbons (Fsp3) is 0.280. The molecule has 3 heterocycles. The molecular weight excluding hydrogens is 639 g/mol. The Hall–Kier alpha value is -4.36. The molecule has 5 rings (SSSR count). The number of carbonyl (C=O) groups is 1. The number of hydrogen-bond acceptors (Lipinski definition) is 10. The van der Waals surface area contributed by atoms with E-state index in [1.54, 1.807) is 4.90 Å². The molecule has 1 N–H and O–H groups in total. The number of piperazine rings is 1. The van der Waals surface area contributed by atoms with E-state index >= 15 is 0 Å². The summed E-state index contributed by atoms with van der Waals surface area (Å²) in [6.07, 6.45) is -3.66. The Balaban J connectivity index is 1.40. The van der Waals surface area contributed by atoms with Gasteiger partial charge in [-0.1, -0.05) is 23.5 Å². The summed E-state index contributed by atoms with van der Waals surface area (Å²) in [6.45, 7) is -3.48. The fourth-order valence-corrected chi connectivity index (χ4v) is 6.83. The number of anilines is 1. The maximum Gasteiger partial charge on any atom is 0.573 e. The maximum absolute atomic E-state index is 13.6. The second-order valence-electron chi connectivity index (χ2n) is 9.20. The largest absolute Gasteiger partial charge is 0.573 e. The van der Waals surface area contributed by atoms with E-state index in [9.17, 15) is 40.0 Å². The first kappa shape index (κ1) is 31.1. The van der Waals surface area contributed by atoms with Gasteiger partial charge in [-0.25, -0.2) is 13.4 Å². The monoisotopic (exact) mass is 660 g/mol. The number of sulfonamides is 1. The van der Waals surface area contributed by atoms with E-state index in [0.717, 1.165) is 44.4 Å². The third-order valence-electron chi connectivity index (χ3n) is 6.34. The number of nitrogens with one attached hydrogen (secondary N) is 1. The summed E-state index contributed by atoms with van der Waals surface area (Å²) in [6, 6.07) is 8.87. The Labute approximate surface area is 249 Å². The lowest BCUT2D eigenvalue weighted by Gasteiger charge is -2.39. The number of alkyl halides is 5. The van der Waals surface area contributed by atoms with Crippen LogP contribution in [0.2, 0.25) is 0 Å². The van der Waals surface area contributed by atoms with Crippen molar-refractivity contribution >= 4 is 37.4 Å². The smallest absolute Gasteiger partial charge is 0.435 e. The number of halogens is 5. The molecule has 1 aliphatic rings. The van der Waals surface area contributed by atoms with Crippen LogP contribution >= 0.6 is 11.3 Å². The number of ether oxygens (including phenoxy) is 2. The van der Waals surface area contributed by atoms with Crippen LogP contribution < -0.4 is 25.2 Å². The SMILES string of the molecule is O=C(NCc1ccc(OC(F)F)cc1)[C@H]1CN(c2nn3c(=O)ccnc3s2)CCN1S(=O)(=O)c1ccc(OC(F)(F)F)cc1. The van der Waals surface area contributed by atoms with Crippen LogP contribution in [0.3, 0.4) is 0 Å². The van der Waals surface area contributed by atoms with Crippen molar-refractivity contribution < 1.29 is 44.6 Å². The molecule has 1 atom stereocenters. The molecule has 0 unspecified atom stereocenters. The number of amides is 1. The summed E-state index contributed by atoms with van der Waals surface area (Å²) in [7, 11) is -4.42. The van der Waals surface area contributed by atoms with Crippen LogP contribution in [-0.2, 0) is 21.4 Å². The van der Waals surface area contributed by atoms with Crippen molar-refractivity contribution in [2.75, 3.05) is 24.5 Å². The van der Waals surface area contributed by atoms with Gasteiger partial charge in [-0.2, -0.15) is 17.6 Å². The van der Waals surface area contributed by atoms with Crippen LogP contribution in [0.5, 0.6) is 11.5 Å².